The van der Waals surface area contributed by atoms with Crippen LogP contribution in [0.15, 0.2) is 71.9 Å². The van der Waals surface area contributed by atoms with E-state index in [9.17, 15) is 17.2 Å². The predicted octanol–water partition coefficient (Wildman–Crippen LogP) is 3.79. The zero-order valence-corrected chi connectivity index (χ0v) is 16.9. The second-order valence-corrected chi connectivity index (χ2v) is 8.20. The first-order valence-electron chi connectivity index (χ1n) is 9.00. The summed E-state index contributed by atoms with van der Waals surface area (Å²) in [5, 5.41) is 7.26. The normalized spacial score (nSPS) is 11.3. The molecule has 0 aliphatic rings. The molecule has 0 spiro atoms. The van der Waals surface area contributed by atoms with Crippen LogP contribution >= 0.6 is 0 Å². The molecule has 0 saturated carbocycles. The van der Waals surface area contributed by atoms with Crippen LogP contribution in [-0.2, 0) is 10.0 Å². The van der Waals surface area contributed by atoms with Gasteiger partial charge in [0.05, 0.1) is 4.90 Å². The first kappa shape index (κ1) is 20.4. The standard InChI is InChI=1S/C20H16F2N6O2S/c1-13-24-19(12-20(25-13)28-8-2-7-23-28)26-16-3-5-17(6-4-16)27-31(29,30)18-10-14(21)9-15(22)11-18/h2-12,27H,1H3,(H,24,25,26). The van der Waals surface area contributed by atoms with E-state index in [2.05, 4.69) is 25.1 Å². The summed E-state index contributed by atoms with van der Waals surface area (Å²) in [5.41, 5.74) is 0.871. The largest absolute Gasteiger partial charge is 0.340 e. The van der Waals surface area contributed by atoms with Crippen LogP contribution in [0.5, 0.6) is 0 Å². The third-order valence-electron chi connectivity index (χ3n) is 4.12. The number of aryl methyl sites for hydroxylation is 1. The van der Waals surface area contributed by atoms with Gasteiger partial charge in [-0.05, 0) is 49.4 Å². The van der Waals surface area contributed by atoms with Crippen LogP contribution in [0, 0.1) is 18.6 Å². The van der Waals surface area contributed by atoms with Gasteiger partial charge in [0.15, 0.2) is 5.82 Å². The predicted molar refractivity (Wildman–Crippen MR) is 111 cm³/mol. The highest BCUT2D eigenvalue weighted by atomic mass is 32.2. The van der Waals surface area contributed by atoms with E-state index in [0.717, 1.165) is 12.1 Å². The van der Waals surface area contributed by atoms with Crippen molar-refractivity contribution in [3.8, 4) is 5.82 Å². The lowest BCUT2D eigenvalue weighted by Crippen LogP contribution is -2.13. The Hall–Kier alpha value is -3.86. The third kappa shape index (κ3) is 4.83. The molecule has 0 unspecified atom stereocenters. The minimum atomic E-state index is -4.15. The summed E-state index contributed by atoms with van der Waals surface area (Å²) in [5.74, 6) is -0.292. The molecule has 0 radical (unpaired) electrons. The highest BCUT2D eigenvalue weighted by molar-refractivity contribution is 7.92. The smallest absolute Gasteiger partial charge is 0.262 e. The van der Waals surface area contributed by atoms with Crippen molar-refractivity contribution in [1.82, 2.24) is 19.7 Å². The molecule has 2 N–H and O–H groups in total. The number of hydrogen-bond donors (Lipinski definition) is 2. The van der Waals surface area contributed by atoms with Gasteiger partial charge in [0.2, 0.25) is 0 Å². The van der Waals surface area contributed by atoms with Crippen molar-refractivity contribution in [2.75, 3.05) is 10.0 Å². The number of hydrogen-bond acceptors (Lipinski definition) is 6. The first-order chi connectivity index (χ1) is 14.8. The lowest BCUT2D eigenvalue weighted by atomic mass is 10.3. The lowest BCUT2D eigenvalue weighted by Gasteiger charge is -2.11. The van der Waals surface area contributed by atoms with E-state index in [1.54, 1.807) is 48.3 Å². The van der Waals surface area contributed by atoms with Crippen molar-refractivity contribution in [2.45, 2.75) is 11.8 Å². The maximum atomic E-state index is 13.3. The van der Waals surface area contributed by atoms with Crippen LogP contribution in [0.4, 0.5) is 26.0 Å². The number of halogens is 2. The van der Waals surface area contributed by atoms with Crippen LogP contribution in [0.1, 0.15) is 5.82 Å². The van der Waals surface area contributed by atoms with Crippen molar-refractivity contribution in [3.63, 3.8) is 0 Å². The topological polar surface area (TPSA) is 102 Å². The van der Waals surface area contributed by atoms with Gasteiger partial charge >= 0.3 is 0 Å². The number of rotatable bonds is 6. The van der Waals surface area contributed by atoms with E-state index in [1.807, 2.05) is 0 Å². The maximum absolute atomic E-state index is 13.3. The number of aromatic nitrogens is 4. The molecule has 0 bridgehead atoms. The number of benzene rings is 2. The number of nitrogens with one attached hydrogen (secondary N) is 2. The highest BCUT2D eigenvalue weighted by Crippen LogP contribution is 2.22. The van der Waals surface area contributed by atoms with Gasteiger partial charge < -0.3 is 5.32 Å². The highest BCUT2D eigenvalue weighted by Gasteiger charge is 2.16. The number of nitrogens with zero attached hydrogens (tertiary/aromatic N) is 4. The Bertz CT molecular complexity index is 1310. The summed E-state index contributed by atoms with van der Waals surface area (Å²) in [6, 6.07) is 11.9. The molecule has 31 heavy (non-hydrogen) atoms. The number of sulfonamides is 1. The lowest BCUT2D eigenvalue weighted by molar-refractivity contribution is 0.568. The van der Waals surface area contributed by atoms with Gasteiger partial charge in [-0.2, -0.15) is 5.10 Å². The van der Waals surface area contributed by atoms with Crippen molar-refractivity contribution < 1.29 is 17.2 Å². The average Bonchev–Trinajstić information content (AvgIpc) is 3.23. The zero-order chi connectivity index (χ0) is 22.0. The minimum absolute atomic E-state index is 0.228. The van der Waals surface area contributed by atoms with Crippen molar-refractivity contribution in [1.29, 1.82) is 0 Å². The van der Waals surface area contributed by atoms with E-state index in [0.29, 0.717) is 29.2 Å². The van der Waals surface area contributed by atoms with Gasteiger partial charge in [0, 0.05) is 35.9 Å². The number of anilines is 3. The Balaban J connectivity index is 1.51. The van der Waals surface area contributed by atoms with Gasteiger partial charge in [-0.25, -0.2) is 31.8 Å². The fraction of sp³-hybridized carbons (Fsp3) is 0.0500. The second-order valence-electron chi connectivity index (χ2n) is 6.52. The molecule has 0 fully saturated rings. The Morgan fingerprint density at radius 3 is 2.26 bits per heavy atom. The molecule has 11 heteroatoms. The molecule has 0 aliphatic carbocycles. The Morgan fingerprint density at radius 1 is 0.935 bits per heavy atom. The van der Waals surface area contributed by atoms with Gasteiger partial charge in [0.1, 0.15) is 23.3 Å². The summed E-state index contributed by atoms with van der Waals surface area (Å²) >= 11 is 0. The summed E-state index contributed by atoms with van der Waals surface area (Å²) < 4.78 is 55.4. The first-order valence-corrected chi connectivity index (χ1v) is 10.5. The fourth-order valence-electron chi connectivity index (χ4n) is 2.80. The van der Waals surface area contributed by atoms with Gasteiger partial charge in [-0.1, -0.05) is 0 Å². The van der Waals surface area contributed by atoms with E-state index < -0.39 is 26.6 Å². The van der Waals surface area contributed by atoms with Crippen molar-refractivity contribution >= 4 is 27.2 Å². The molecule has 2 heterocycles. The third-order valence-corrected chi connectivity index (χ3v) is 5.48. The summed E-state index contributed by atoms with van der Waals surface area (Å²) in [4.78, 5) is 8.16. The molecule has 0 atom stereocenters. The van der Waals surface area contributed by atoms with E-state index in [-0.39, 0.29) is 5.69 Å². The Kier molecular flexibility index (Phi) is 5.34. The molecule has 0 amide bonds. The molecular weight excluding hydrogens is 426 g/mol. The molecule has 0 aliphatic heterocycles. The van der Waals surface area contributed by atoms with E-state index in [4.69, 9.17) is 0 Å². The second kappa shape index (κ2) is 8.11. The molecule has 158 valence electrons. The SMILES string of the molecule is Cc1nc(Nc2ccc(NS(=O)(=O)c3cc(F)cc(F)c3)cc2)cc(-n2cccn2)n1. The summed E-state index contributed by atoms with van der Waals surface area (Å²) in [7, 11) is -4.15. The summed E-state index contributed by atoms with van der Waals surface area (Å²) in [6.07, 6.45) is 3.40. The molecule has 4 aromatic rings. The van der Waals surface area contributed by atoms with Crippen LogP contribution in [0.25, 0.3) is 5.82 Å². The molecular formula is C20H16F2N6O2S. The maximum Gasteiger partial charge on any atom is 0.262 e. The molecule has 2 aromatic carbocycles. The van der Waals surface area contributed by atoms with E-state index >= 15 is 0 Å². The van der Waals surface area contributed by atoms with Crippen LogP contribution in [-0.4, -0.2) is 28.2 Å². The van der Waals surface area contributed by atoms with E-state index in [1.165, 1.54) is 12.1 Å². The van der Waals surface area contributed by atoms with Gasteiger partial charge in [-0.15, -0.1) is 0 Å². The van der Waals surface area contributed by atoms with Gasteiger partial charge in [0.25, 0.3) is 10.0 Å². The minimum Gasteiger partial charge on any atom is -0.340 e. The van der Waals surface area contributed by atoms with Crippen LogP contribution in [0.2, 0.25) is 0 Å². The molecule has 4 rings (SSSR count). The molecule has 2 aromatic heterocycles. The Labute approximate surface area is 176 Å². The van der Waals surface area contributed by atoms with Gasteiger partial charge in [-0.3, -0.25) is 4.72 Å². The van der Waals surface area contributed by atoms with Crippen molar-refractivity contribution in [3.05, 3.63) is 84.4 Å². The average molecular weight is 442 g/mol. The molecule has 8 nitrogen and oxygen atoms in total. The fourth-order valence-corrected chi connectivity index (χ4v) is 3.90. The summed E-state index contributed by atoms with van der Waals surface area (Å²) in [6.45, 7) is 1.76. The van der Waals surface area contributed by atoms with Crippen molar-refractivity contribution in [2.24, 2.45) is 0 Å². The van der Waals surface area contributed by atoms with Crippen LogP contribution in [0.3, 0.4) is 0 Å². The van der Waals surface area contributed by atoms with Crippen LogP contribution < -0.4 is 10.0 Å². The Morgan fingerprint density at radius 2 is 1.61 bits per heavy atom. The monoisotopic (exact) mass is 442 g/mol. The quantitative estimate of drug-likeness (QED) is 0.471. The zero-order valence-electron chi connectivity index (χ0n) is 16.1. The molecule has 0 saturated heterocycles.